The zero-order valence-electron chi connectivity index (χ0n) is 13.1. The monoisotopic (exact) mass is 293 g/mol. The number of hydrogen-bond donors (Lipinski definition) is 2. The molecule has 0 spiro atoms. The van der Waals surface area contributed by atoms with E-state index in [1.165, 1.54) is 12.8 Å². The molecule has 1 saturated carbocycles. The second-order valence-electron chi connectivity index (χ2n) is 5.64. The number of hydrogen-bond acceptors (Lipinski definition) is 4. The molecule has 118 valence electrons. The Morgan fingerprint density at radius 1 is 1.43 bits per heavy atom. The van der Waals surface area contributed by atoms with E-state index in [0.29, 0.717) is 6.54 Å². The maximum absolute atomic E-state index is 11.8. The van der Waals surface area contributed by atoms with Gasteiger partial charge in [0.1, 0.15) is 0 Å². The third-order valence-electron chi connectivity index (χ3n) is 3.87. The second kappa shape index (κ2) is 8.14. The van der Waals surface area contributed by atoms with Gasteiger partial charge in [-0.05, 0) is 38.4 Å². The van der Waals surface area contributed by atoms with Crippen LogP contribution in [0.3, 0.4) is 0 Å². The Morgan fingerprint density at radius 3 is 2.86 bits per heavy atom. The van der Waals surface area contributed by atoms with Crippen molar-refractivity contribution in [3.8, 4) is 0 Å². The molecule has 0 saturated heterocycles. The van der Waals surface area contributed by atoms with Crippen LogP contribution in [0.25, 0.3) is 0 Å². The Bertz CT molecular complexity index is 437. The molecule has 1 aromatic heterocycles. The topological polar surface area (TPSA) is 62.2 Å². The van der Waals surface area contributed by atoms with Crippen molar-refractivity contribution in [1.29, 1.82) is 0 Å². The van der Waals surface area contributed by atoms with Crippen LogP contribution in [0.4, 0.5) is 5.69 Å². The molecule has 2 rings (SSSR count). The molecule has 6 heteroatoms. The van der Waals surface area contributed by atoms with E-state index in [1.807, 2.05) is 10.9 Å². The average molecular weight is 293 g/mol. The smallest absolute Gasteiger partial charge is 0.238 e. The minimum Gasteiger partial charge on any atom is -0.322 e. The SMILES string of the molecule is CCN(CC)CCn1cc(NC(=O)CNCC2CC2)cn1. The van der Waals surface area contributed by atoms with Crippen LogP contribution >= 0.6 is 0 Å². The van der Waals surface area contributed by atoms with Crippen LogP contribution in [-0.2, 0) is 11.3 Å². The molecule has 1 heterocycles. The first-order valence-electron chi connectivity index (χ1n) is 7.96. The van der Waals surface area contributed by atoms with Crippen molar-refractivity contribution >= 4 is 11.6 Å². The third-order valence-corrected chi connectivity index (χ3v) is 3.87. The largest absolute Gasteiger partial charge is 0.322 e. The van der Waals surface area contributed by atoms with Crippen molar-refractivity contribution in [1.82, 2.24) is 20.0 Å². The van der Waals surface area contributed by atoms with Crippen LogP contribution in [0.15, 0.2) is 12.4 Å². The maximum Gasteiger partial charge on any atom is 0.238 e. The van der Waals surface area contributed by atoms with Crippen molar-refractivity contribution in [2.75, 3.05) is 38.0 Å². The summed E-state index contributed by atoms with van der Waals surface area (Å²) in [7, 11) is 0. The number of rotatable bonds is 10. The molecule has 0 aromatic carbocycles. The highest BCUT2D eigenvalue weighted by molar-refractivity contribution is 5.91. The van der Waals surface area contributed by atoms with Gasteiger partial charge in [0, 0.05) is 12.7 Å². The molecular weight excluding hydrogens is 266 g/mol. The van der Waals surface area contributed by atoms with Crippen LogP contribution in [0.2, 0.25) is 0 Å². The Kier molecular flexibility index (Phi) is 6.20. The van der Waals surface area contributed by atoms with Gasteiger partial charge in [0.15, 0.2) is 0 Å². The molecule has 1 aliphatic rings. The molecule has 0 aliphatic heterocycles. The Morgan fingerprint density at radius 2 is 2.19 bits per heavy atom. The summed E-state index contributed by atoms with van der Waals surface area (Å²) in [6.07, 6.45) is 6.20. The number of carbonyl (C=O) groups excluding carboxylic acids is 1. The van der Waals surface area contributed by atoms with E-state index < -0.39 is 0 Å². The van der Waals surface area contributed by atoms with E-state index in [2.05, 4.69) is 34.5 Å². The molecule has 0 unspecified atom stereocenters. The second-order valence-corrected chi connectivity index (χ2v) is 5.64. The number of anilines is 1. The minimum atomic E-state index is -0.000979. The molecule has 1 amide bonds. The highest BCUT2D eigenvalue weighted by atomic mass is 16.1. The van der Waals surface area contributed by atoms with Crippen LogP contribution in [0.1, 0.15) is 26.7 Å². The van der Waals surface area contributed by atoms with E-state index in [9.17, 15) is 4.79 Å². The Hall–Kier alpha value is -1.40. The lowest BCUT2D eigenvalue weighted by Crippen LogP contribution is -2.29. The van der Waals surface area contributed by atoms with Gasteiger partial charge in [-0.15, -0.1) is 0 Å². The highest BCUT2D eigenvalue weighted by Crippen LogP contribution is 2.27. The molecule has 1 aliphatic carbocycles. The van der Waals surface area contributed by atoms with Crippen molar-refractivity contribution in [2.45, 2.75) is 33.2 Å². The zero-order valence-corrected chi connectivity index (χ0v) is 13.1. The molecule has 0 atom stereocenters. The molecule has 0 radical (unpaired) electrons. The first-order valence-corrected chi connectivity index (χ1v) is 7.96. The number of nitrogens with one attached hydrogen (secondary N) is 2. The molecule has 1 fully saturated rings. The quantitative estimate of drug-likeness (QED) is 0.679. The summed E-state index contributed by atoms with van der Waals surface area (Å²) in [5.74, 6) is 0.791. The number of nitrogens with zero attached hydrogens (tertiary/aromatic N) is 3. The van der Waals surface area contributed by atoms with Gasteiger partial charge in [0.25, 0.3) is 0 Å². The number of amides is 1. The fourth-order valence-corrected chi connectivity index (χ4v) is 2.25. The lowest BCUT2D eigenvalue weighted by atomic mass is 10.4. The van der Waals surface area contributed by atoms with Crippen LogP contribution < -0.4 is 10.6 Å². The van der Waals surface area contributed by atoms with Crippen LogP contribution in [0, 0.1) is 5.92 Å². The average Bonchev–Trinajstić information content (AvgIpc) is 3.19. The first-order chi connectivity index (χ1) is 10.2. The van der Waals surface area contributed by atoms with E-state index in [-0.39, 0.29) is 5.91 Å². The number of carbonyl (C=O) groups is 1. The lowest BCUT2D eigenvalue weighted by Gasteiger charge is -2.17. The summed E-state index contributed by atoms with van der Waals surface area (Å²) in [6.45, 7) is 9.57. The first kappa shape index (κ1) is 16.0. The molecule has 6 nitrogen and oxygen atoms in total. The van der Waals surface area contributed by atoms with Gasteiger partial charge in [0.05, 0.1) is 25.0 Å². The molecule has 0 bridgehead atoms. The van der Waals surface area contributed by atoms with E-state index in [4.69, 9.17) is 0 Å². The van der Waals surface area contributed by atoms with Crippen molar-refractivity contribution in [3.63, 3.8) is 0 Å². The van der Waals surface area contributed by atoms with Gasteiger partial charge in [-0.3, -0.25) is 9.48 Å². The fraction of sp³-hybridized carbons (Fsp3) is 0.733. The third kappa shape index (κ3) is 5.85. The molecule has 21 heavy (non-hydrogen) atoms. The maximum atomic E-state index is 11.8. The summed E-state index contributed by atoms with van der Waals surface area (Å²) in [4.78, 5) is 14.1. The predicted molar refractivity (Wildman–Crippen MR) is 84.2 cm³/mol. The summed E-state index contributed by atoms with van der Waals surface area (Å²) in [5, 5.41) is 10.3. The standard InChI is InChI=1S/C15H27N5O/c1-3-19(4-2)7-8-20-12-14(10-17-20)18-15(21)11-16-9-13-5-6-13/h10,12-13,16H,3-9,11H2,1-2H3,(H,18,21). The highest BCUT2D eigenvalue weighted by Gasteiger charge is 2.20. The van der Waals surface area contributed by atoms with E-state index in [0.717, 1.165) is 44.3 Å². The van der Waals surface area contributed by atoms with Crippen LogP contribution in [-0.4, -0.2) is 53.3 Å². The van der Waals surface area contributed by atoms with Gasteiger partial charge in [0.2, 0.25) is 5.91 Å². The Labute approximate surface area is 126 Å². The van der Waals surface area contributed by atoms with Gasteiger partial charge >= 0.3 is 0 Å². The van der Waals surface area contributed by atoms with Crippen molar-refractivity contribution in [3.05, 3.63) is 12.4 Å². The molecule has 1 aromatic rings. The van der Waals surface area contributed by atoms with E-state index in [1.54, 1.807) is 6.20 Å². The zero-order chi connectivity index (χ0) is 15.1. The van der Waals surface area contributed by atoms with Gasteiger partial charge in [-0.2, -0.15) is 5.10 Å². The van der Waals surface area contributed by atoms with Gasteiger partial charge in [-0.1, -0.05) is 13.8 Å². The van der Waals surface area contributed by atoms with Gasteiger partial charge in [-0.25, -0.2) is 0 Å². The predicted octanol–water partition coefficient (Wildman–Crippen LogP) is 1.16. The van der Waals surface area contributed by atoms with Crippen molar-refractivity contribution in [2.24, 2.45) is 5.92 Å². The minimum absolute atomic E-state index is 0.000979. The van der Waals surface area contributed by atoms with Gasteiger partial charge < -0.3 is 15.5 Å². The number of likely N-dealkylation sites (N-methyl/N-ethyl adjacent to an activating group) is 1. The Balaban J connectivity index is 1.67. The van der Waals surface area contributed by atoms with Crippen molar-refractivity contribution < 1.29 is 4.79 Å². The number of aromatic nitrogens is 2. The normalized spacial score (nSPS) is 14.6. The summed E-state index contributed by atoms with van der Waals surface area (Å²) >= 11 is 0. The summed E-state index contributed by atoms with van der Waals surface area (Å²) in [6, 6.07) is 0. The van der Waals surface area contributed by atoms with E-state index >= 15 is 0 Å². The lowest BCUT2D eigenvalue weighted by molar-refractivity contribution is -0.115. The summed E-state index contributed by atoms with van der Waals surface area (Å²) < 4.78 is 1.88. The summed E-state index contributed by atoms with van der Waals surface area (Å²) in [5.41, 5.74) is 0.771. The molecule has 2 N–H and O–H groups in total. The van der Waals surface area contributed by atoms with Crippen LogP contribution in [0.5, 0.6) is 0 Å². The molecular formula is C15H27N5O. The fourth-order valence-electron chi connectivity index (χ4n) is 2.25.